The Bertz CT molecular complexity index is 463. The minimum Gasteiger partial charge on any atom is -0.478 e. The van der Waals surface area contributed by atoms with Crippen LogP contribution in [0.5, 0.6) is 0 Å². The Morgan fingerprint density at radius 1 is 1.32 bits per heavy atom. The molecule has 0 bridgehead atoms. The van der Waals surface area contributed by atoms with Crippen LogP contribution in [-0.4, -0.2) is 33.5 Å². The van der Waals surface area contributed by atoms with Gasteiger partial charge in [-0.25, -0.2) is 4.79 Å². The fourth-order valence-electron chi connectivity index (χ4n) is 3.57. The number of ether oxygens (including phenoxy) is 1. The van der Waals surface area contributed by atoms with Crippen molar-refractivity contribution < 1.29 is 19.7 Å². The van der Waals surface area contributed by atoms with Crippen LogP contribution in [0.3, 0.4) is 0 Å². The topological polar surface area (TPSA) is 70.1 Å². The SMILES string of the molecule is CC(=C/C(=O)O)/C=C/[C@@]12O[C@]1(C)C[C@@H](O)CC2(C)C. The fourth-order valence-corrected chi connectivity index (χ4v) is 3.57. The van der Waals surface area contributed by atoms with E-state index in [1.807, 2.05) is 13.0 Å². The maximum Gasteiger partial charge on any atom is 0.328 e. The molecular weight excluding hydrogens is 244 g/mol. The van der Waals surface area contributed by atoms with Crippen molar-refractivity contribution in [3.05, 3.63) is 23.8 Å². The monoisotopic (exact) mass is 266 g/mol. The van der Waals surface area contributed by atoms with E-state index in [2.05, 4.69) is 13.8 Å². The third-order valence-electron chi connectivity index (χ3n) is 4.44. The Labute approximate surface area is 113 Å². The summed E-state index contributed by atoms with van der Waals surface area (Å²) in [4.78, 5) is 10.6. The number of allylic oxidation sites excluding steroid dienone is 2. The van der Waals surface area contributed by atoms with Gasteiger partial charge in [0.1, 0.15) is 11.2 Å². The van der Waals surface area contributed by atoms with Gasteiger partial charge in [0.2, 0.25) is 0 Å². The van der Waals surface area contributed by atoms with Gasteiger partial charge in [0.05, 0.1) is 6.10 Å². The molecule has 0 radical (unpaired) electrons. The van der Waals surface area contributed by atoms with Gasteiger partial charge in [-0.2, -0.15) is 0 Å². The first-order valence-corrected chi connectivity index (χ1v) is 6.61. The molecule has 3 atom stereocenters. The smallest absolute Gasteiger partial charge is 0.328 e. The molecule has 1 saturated carbocycles. The Balaban J connectivity index is 2.25. The van der Waals surface area contributed by atoms with Crippen molar-refractivity contribution >= 4 is 5.97 Å². The molecule has 1 saturated heterocycles. The van der Waals surface area contributed by atoms with Crippen molar-refractivity contribution in [2.24, 2.45) is 5.41 Å². The van der Waals surface area contributed by atoms with Crippen LogP contribution in [0, 0.1) is 5.41 Å². The summed E-state index contributed by atoms with van der Waals surface area (Å²) in [6.07, 6.45) is 5.93. The van der Waals surface area contributed by atoms with E-state index in [1.165, 1.54) is 6.08 Å². The summed E-state index contributed by atoms with van der Waals surface area (Å²) in [7, 11) is 0. The van der Waals surface area contributed by atoms with Gasteiger partial charge in [0, 0.05) is 17.9 Å². The number of carboxylic acid groups (broad SMARTS) is 1. The quantitative estimate of drug-likeness (QED) is 0.467. The van der Waals surface area contributed by atoms with E-state index in [1.54, 1.807) is 13.0 Å². The van der Waals surface area contributed by atoms with Gasteiger partial charge >= 0.3 is 5.97 Å². The number of hydrogen-bond donors (Lipinski definition) is 2. The highest BCUT2D eigenvalue weighted by Crippen LogP contribution is 2.66. The first-order valence-electron chi connectivity index (χ1n) is 6.61. The third kappa shape index (κ3) is 2.23. The highest BCUT2D eigenvalue weighted by atomic mass is 16.6. The van der Waals surface area contributed by atoms with Gasteiger partial charge in [0.15, 0.2) is 0 Å². The van der Waals surface area contributed by atoms with Gasteiger partial charge in [-0.1, -0.05) is 19.9 Å². The first-order chi connectivity index (χ1) is 8.62. The average Bonchev–Trinajstić information content (AvgIpc) is 2.80. The largest absolute Gasteiger partial charge is 0.478 e. The minimum absolute atomic E-state index is 0.167. The summed E-state index contributed by atoms with van der Waals surface area (Å²) in [6, 6.07) is 0. The molecule has 2 fully saturated rings. The molecule has 2 aliphatic rings. The molecule has 1 aliphatic heterocycles. The van der Waals surface area contributed by atoms with E-state index < -0.39 is 11.6 Å². The molecule has 0 unspecified atom stereocenters. The number of aliphatic carboxylic acids is 1. The van der Waals surface area contributed by atoms with E-state index >= 15 is 0 Å². The van der Waals surface area contributed by atoms with Crippen molar-refractivity contribution in [2.45, 2.75) is 57.8 Å². The fraction of sp³-hybridized carbons (Fsp3) is 0.667. The summed E-state index contributed by atoms with van der Waals surface area (Å²) in [5.74, 6) is -0.947. The Kier molecular flexibility index (Phi) is 3.14. The van der Waals surface area contributed by atoms with E-state index in [0.717, 1.165) is 0 Å². The predicted octanol–water partition coefficient (Wildman–Crippen LogP) is 2.28. The number of carboxylic acids is 1. The van der Waals surface area contributed by atoms with E-state index in [9.17, 15) is 9.90 Å². The van der Waals surface area contributed by atoms with Crippen LogP contribution >= 0.6 is 0 Å². The van der Waals surface area contributed by atoms with Crippen molar-refractivity contribution in [3.8, 4) is 0 Å². The van der Waals surface area contributed by atoms with Crippen molar-refractivity contribution in [3.63, 3.8) is 0 Å². The molecule has 4 nitrogen and oxygen atoms in total. The number of aliphatic hydroxyl groups is 1. The molecule has 0 spiro atoms. The average molecular weight is 266 g/mol. The summed E-state index contributed by atoms with van der Waals surface area (Å²) in [5.41, 5.74) is -0.220. The van der Waals surface area contributed by atoms with Gasteiger partial charge < -0.3 is 14.9 Å². The molecule has 106 valence electrons. The van der Waals surface area contributed by atoms with Crippen LogP contribution < -0.4 is 0 Å². The lowest BCUT2D eigenvalue weighted by molar-refractivity contribution is -0.131. The van der Waals surface area contributed by atoms with E-state index in [0.29, 0.717) is 18.4 Å². The highest BCUT2D eigenvalue weighted by Gasteiger charge is 2.74. The maximum absolute atomic E-state index is 10.6. The molecular formula is C15H22O4. The predicted molar refractivity (Wildman–Crippen MR) is 71.8 cm³/mol. The standard InChI is InChI=1S/C15H22O4/c1-10(7-12(17)18)5-6-15-13(2,3)8-11(16)9-14(15,4)19-15/h5-7,11,16H,8-9H2,1-4H3,(H,17,18)/b6-5+,10-7-/t11-,14+,15-/m0/s1. The number of fused-ring (bicyclic) bond motifs is 1. The van der Waals surface area contributed by atoms with Crippen LogP contribution in [0.15, 0.2) is 23.8 Å². The summed E-state index contributed by atoms with van der Waals surface area (Å²) in [5, 5.41) is 18.6. The molecule has 19 heavy (non-hydrogen) atoms. The third-order valence-corrected chi connectivity index (χ3v) is 4.44. The number of epoxide rings is 1. The van der Waals surface area contributed by atoms with Crippen molar-refractivity contribution in [1.29, 1.82) is 0 Å². The molecule has 0 amide bonds. The van der Waals surface area contributed by atoms with Crippen LogP contribution in [0.25, 0.3) is 0 Å². The zero-order valence-electron chi connectivity index (χ0n) is 11.9. The van der Waals surface area contributed by atoms with Crippen LogP contribution in [0.1, 0.15) is 40.5 Å². The van der Waals surface area contributed by atoms with Gasteiger partial charge in [-0.15, -0.1) is 0 Å². The summed E-state index contributed by atoms with van der Waals surface area (Å²) in [6.45, 7) is 7.94. The second kappa shape index (κ2) is 4.18. The number of aliphatic hydroxyl groups excluding tert-OH is 1. The van der Waals surface area contributed by atoms with Crippen molar-refractivity contribution in [1.82, 2.24) is 0 Å². The van der Waals surface area contributed by atoms with Gasteiger partial charge in [-0.05, 0) is 31.9 Å². The Morgan fingerprint density at radius 2 is 1.95 bits per heavy atom. The van der Waals surface area contributed by atoms with Gasteiger partial charge in [0.25, 0.3) is 0 Å². The second-order valence-corrected chi connectivity index (χ2v) is 6.57. The summed E-state index contributed by atoms with van der Waals surface area (Å²) < 4.78 is 5.97. The molecule has 2 rings (SSSR count). The van der Waals surface area contributed by atoms with E-state index in [-0.39, 0.29) is 17.1 Å². The zero-order valence-corrected chi connectivity index (χ0v) is 11.9. The molecule has 4 heteroatoms. The number of rotatable bonds is 3. The lowest BCUT2D eigenvalue weighted by Gasteiger charge is -2.39. The molecule has 0 aromatic rings. The highest BCUT2D eigenvalue weighted by molar-refractivity contribution is 5.81. The van der Waals surface area contributed by atoms with Crippen LogP contribution in [0.4, 0.5) is 0 Å². The van der Waals surface area contributed by atoms with E-state index in [4.69, 9.17) is 9.84 Å². The molecule has 2 N–H and O–H groups in total. The number of carbonyl (C=O) groups is 1. The van der Waals surface area contributed by atoms with Crippen molar-refractivity contribution in [2.75, 3.05) is 0 Å². The molecule has 0 aromatic carbocycles. The zero-order chi connectivity index (χ0) is 14.5. The number of hydrogen-bond acceptors (Lipinski definition) is 3. The summed E-state index contributed by atoms with van der Waals surface area (Å²) >= 11 is 0. The van der Waals surface area contributed by atoms with Gasteiger partial charge in [-0.3, -0.25) is 0 Å². The first kappa shape index (κ1) is 14.3. The lowest BCUT2D eigenvalue weighted by Crippen LogP contribution is -2.46. The Morgan fingerprint density at radius 3 is 2.47 bits per heavy atom. The normalized spacial score (nSPS) is 41.1. The Hall–Kier alpha value is -1.13. The molecule has 1 aliphatic carbocycles. The molecule has 0 aromatic heterocycles. The maximum atomic E-state index is 10.6. The second-order valence-electron chi connectivity index (χ2n) is 6.57. The lowest BCUT2D eigenvalue weighted by atomic mass is 9.63. The molecule has 1 heterocycles. The van der Waals surface area contributed by atoms with Crippen LogP contribution in [0.2, 0.25) is 0 Å². The van der Waals surface area contributed by atoms with Crippen LogP contribution in [-0.2, 0) is 9.53 Å². The minimum atomic E-state index is -0.947.